The van der Waals surface area contributed by atoms with E-state index in [2.05, 4.69) is 13.8 Å². The highest BCUT2D eigenvalue weighted by Crippen LogP contribution is 2.19. The molecule has 0 saturated heterocycles. The van der Waals surface area contributed by atoms with Crippen molar-refractivity contribution in [2.75, 3.05) is 12.9 Å². The molecule has 0 spiro atoms. The van der Waals surface area contributed by atoms with Gasteiger partial charge in [0.1, 0.15) is 0 Å². The number of hydrogen-bond acceptors (Lipinski definition) is 1. The average Bonchev–Trinajstić information content (AvgIpc) is 2.37. The molecule has 0 aliphatic carbocycles. The van der Waals surface area contributed by atoms with Gasteiger partial charge in [-0.05, 0) is 37.5 Å². The number of benzene rings is 1. The van der Waals surface area contributed by atoms with Crippen molar-refractivity contribution in [3.63, 3.8) is 0 Å². The molecule has 0 heterocycles. The predicted molar refractivity (Wildman–Crippen MR) is 77.4 cm³/mol. The van der Waals surface area contributed by atoms with E-state index in [9.17, 15) is 4.79 Å². The first-order valence-corrected chi connectivity index (χ1v) is 6.77. The molecule has 1 aromatic rings. The van der Waals surface area contributed by atoms with Crippen LogP contribution in [0.15, 0.2) is 24.3 Å². The fourth-order valence-corrected chi connectivity index (χ4v) is 1.75. The van der Waals surface area contributed by atoms with E-state index in [0.717, 1.165) is 0 Å². The van der Waals surface area contributed by atoms with Crippen molar-refractivity contribution in [1.29, 1.82) is 0 Å². The van der Waals surface area contributed by atoms with Crippen LogP contribution < -0.4 is 0 Å². The Morgan fingerprint density at radius 2 is 1.78 bits per heavy atom. The van der Waals surface area contributed by atoms with Crippen LogP contribution >= 0.6 is 11.6 Å². The lowest BCUT2D eigenvalue weighted by Crippen LogP contribution is -2.46. The first-order chi connectivity index (χ1) is 8.29. The molecule has 0 atom stereocenters. The first-order valence-electron chi connectivity index (χ1n) is 6.23. The highest BCUT2D eigenvalue weighted by molar-refractivity contribution is 6.18. The topological polar surface area (TPSA) is 20.3 Å². The monoisotopic (exact) mass is 267 g/mol. The molecule has 1 rings (SSSR count). The maximum absolute atomic E-state index is 12.3. The molecule has 18 heavy (non-hydrogen) atoms. The minimum Gasteiger partial charge on any atom is -0.335 e. The number of alkyl halides is 1. The average molecular weight is 268 g/mol. The van der Waals surface area contributed by atoms with Crippen LogP contribution in [0.3, 0.4) is 0 Å². The van der Waals surface area contributed by atoms with E-state index in [1.807, 2.05) is 38.1 Å². The standard InChI is InChI=1S/C15H22ClNO/c1-11(2)12-6-8-13(9-7-12)14(18)17(5)15(3,4)10-16/h6-9,11H,10H2,1-5H3. The number of hydrogen-bond donors (Lipinski definition) is 0. The second-order valence-corrected chi connectivity index (χ2v) is 5.85. The van der Waals surface area contributed by atoms with E-state index < -0.39 is 0 Å². The molecule has 100 valence electrons. The largest absolute Gasteiger partial charge is 0.335 e. The van der Waals surface area contributed by atoms with Gasteiger partial charge in [-0.15, -0.1) is 11.6 Å². The molecule has 1 amide bonds. The van der Waals surface area contributed by atoms with Crippen LogP contribution in [-0.4, -0.2) is 29.3 Å². The molecule has 1 aromatic carbocycles. The van der Waals surface area contributed by atoms with E-state index in [0.29, 0.717) is 17.4 Å². The van der Waals surface area contributed by atoms with E-state index >= 15 is 0 Å². The van der Waals surface area contributed by atoms with Gasteiger partial charge in [-0.2, -0.15) is 0 Å². The van der Waals surface area contributed by atoms with Crippen molar-refractivity contribution in [3.8, 4) is 0 Å². The number of halogens is 1. The normalized spacial score (nSPS) is 11.7. The van der Waals surface area contributed by atoms with Gasteiger partial charge < -0.3 is 4.90 Å². The summed E-state index contributed by atoms with van der Waals surface area (Å²) in [6, 6.07) is 7.80. The number of amides is 1. The van der Waals surface area contributed by atoms with Crippen LogP contribution in [0.1, 0.15) is 49.5 Å². The van der Waals surface area contributed by atoms with E-state index in [4.69, 9.17) is 11.6 Å². The van der Waals surface area contributed by atoms with Gasteiger partial charge in [0.15, 0.2) is 0 Å². The van der Waals surface area contributed by atoms with Crippen molar-refractivity contribution < 1.29 is 4.79 Å². The van der Waals surface area contributed by atoms with Crippen molar-refractivity contribution >= 4 is 17.5 Å². The zero-order chi connectivity index (χ0) is 13.9. The van der Waals surface area contributed by atoms with Crippen LogP contribution in [0, 0.1) is 0 Å². The molecule has 0 bridgehead atoms. The predicted octanol–water partition coefficient (Wildman–Crippen LogP) is 3.90. The number of nitrogens with zero attached hydrogens (tertiary/aromatic N) is 1. The van der Waals surface area contributed by atoms with Gasteiger partial charge in [0, 0.05) is 18.5 Å². The Balaban J connectivity index is 2.91. The summed E-state index contributed by atoms with van der Waals surface area (Å²) in [6.07, 6.45) is 0. The lowest BCUT2D eigenvalue weighted by atomic mass is 10.0. The number of carbonyl (C=O) groups is 1. The van der Waals surface area contributed by atoms with Crippen molar-refractivity contribution in [1.82, 2.24) is 4.90 Å². The van der Waals surface area contributed by atoms with E-state index in [-0.39, 0.29) is 11.4 Å². The first kappa shape index (κ1) is 15.0. The summed E-state index contributed by atoms with van der Waals surface area (Å²) in [5.41, 5.74) is 1.61. The summed E-state index contributed by atoms with van der Waals surface area (Å²) >= 11 is 5.89. The second kappa shape index (κ2) is 5.75. The third-order valence-corrected chi connectivity index (χ3v) is 4.02. The van der Waals surface area contributed by atoms with Crippen molar-refractivity contribution in [2.45, 2.75) is 39.2 Å². The highest BCUT2D eigenvalue weighted by Gasteiger charge is 2.27. The Hall–Kier alpha value is -1.02. The molecule has 0 aromatic heterocycles. The molecule has 0 saturated carbocycles. The van der Waals surface area contributed by atoms with Gasteiger partial charge in [-0.3, -0.25) is 4.79 Å². The van der Waals surface area contributed by atoms with Gasteiger partial charge in [-0.1, -0.05) is 26.0 Å². The quantitative estimate of drug-likeness (QED) is 0.758. The van der Waals surface area contributed by atoms with Crippen LogP contribution in [-0.2, 0) is 0 Å². The zero-order valence-electron chi connectivity index (χ0n) is 11.8. The summed E-state index contributed by atoms with van der Waals surface area (Å²) in [5.74, 6) is 0.904. The van der Waals surface area contributed by atoms with Crippen LogP contribution in [0.4, 0.5) is 0 Å². The summed E-state index contributed by atoms with van der Waals surface area (Å²) in [5, 5.41) is 0. The van der Waals surface area contributed by atoms with E-state index in [1.54, 1.807) is 11.9 Å². The van der Waals surface area contributed by atoms with E-state index in [1.165, 1.54) is 5.56 Å². The SMILES string of the molecule is CC(C)c1ccc(C(=O)N(C)C(C)(C)CCl)cc1. The van der Waals surface area contributed by atoms with Gasteiger partial charge in [0.05, 0.1) is 5.54 Å². The molecule has 0 radical (unpaired) electrons. The summed E-state index contributed by atoms with van der Waals surface area (Å²) in [6.45, 7) is 8.19. The molecule has 2 nitrogen and oxygen atoms in total. The molecule has 0 fully saturated rings. The van der Waals surface area contributed by atoms with Crippen LogP contribution in [0.2, 0.25) is 0 Å². The smallest absolute Gasteiger partial charge is 0.254 e. The minimum absolute atomic E-state index is 0.0101. The lowest BCUT2D eigenvalue weighted by Gasteiger charge is -2.34. The third-order valence-electron chi connectivity index (χ3n) is 3.36. The summed E-state index contributed by atoms with van der Waals surface area (Å²) in [4.78, 5) is 14.0. The molecule has 0 aliphatic heterocycles. The Bertz CT molecular complexity index is 409. The highest BCUT2D eigenvalue weighted by atomic mass is 35.5. The Labute approximate surface area is 115 Å². The number of carbonyl (C=O) groups excluding carboxylic acids is 1. The van der Waals surface area contributed by atoms with Gasteiger partial charge >= 0.3 is 0 Å². The van der Waals surface area contributed by atoms with Crippen molar-refractivity contribution in [3.05, 3.63) is 35.4 Å². The molecule has 0 unspecified atom stereocenters. The second-order valence-electron chi connectivity index (χ2n) is 5.59. The fraction of sp³-hybridized carbons (Fsp3) is 0.533. The molecule has 3 heteroatoms. The summed E-state index contributed by atoms with van der Waals surface area (Å²) < 4.78 is 0. The Morgan fingerprint density at radius 3 is 2.17 bits per heavy atom. The minimum atomic E-state index is -0.338. The maximum atomic E-state index is 12.3. The molecule has 0 N–H and O–H groups in total. The number of rotatable bonds is 4. The Kier molecular flexibility index (Phi) is 4.80. The third kappa shape index (κ3) is 3.26. The van der Waals surface area contributed by atoms with Crippen molar-refractivity contribution in [2.24, 2.45) is 0 Å². The maximum Gasteiger partial charge on any atom is 0.254 e. The molecule has 0 aliphatic rings. The molecular weight excluding hydrogens is 246 g/mol. The molecular formula is C15H22ClNO. The zero-order valence-corrected chi connectivity index (χ0v) is 12.6. The lowest BCUT2D eigenvalue weighted by molar-refractivity contribution is 0.0660. The van der Waals surface area contributed by atoms with Crippen LogP contribution in [0.5, 0.6) is 0 Å². The summed E-state index contributed by atoms with van der Waals surface area (Å²) in [7, 11) is 1.79. The van der Waals surface area contributed by atoms with Gasteiger partial charge in [0.25, 0.3) is 5.91 Å². The Morgan fingerprint density at radius 1 is 1.28 bits per heavy atom. The van der Waals surface area contributed by atoms with Crippen LogP contribution in [0.25, 0.3) is 0 Å². The fourth-order valence-electron chi connectivity index (χ4n) is 1.57. The van der Waals surface area contributed by atoms with Gasteiger partial charge in [-0.25, -0.2) is 0 Å². The van der Waals surface area contributed by atoms with Gasteiger partial charge in [0.2, 0.25) is 0 Å².